The van der Waals surface area contributed by atoms with Crippen molar-refractivity contribution in [1.82, 2.24) is 4.72 Å². The number of amides is 1. The maximum atomic E-state index is 13.5. The van der Waals surface area contributed by atoms with Gasteiger partial charge in [-0.15, -0.1) is 0 Å². The number of hydrogen-bond donors (Lipinski definition) is 2. The first-order valence-electron chi connectivity index (χ1n) is 9.86. The minimum absolute atomic E-state index is 0.144. The molecule has 0 saturated carbocycles. The summed E-state index contributed by atoms with van der Waals surface area (Å²) in [6, 6.07) is 17.1. The van der Waals surface area contributed by atoms with Crippen molar-refractivity contribution in [1.29, 1.82) is 0 Å². The fraction of sp³-hybridized carbons (Fsp3) is 0.208. The molecule has 3 rings (SSSR count). The van der Waals surface area contributed by atoms with E-state index in [1.165, 1.54) is 18.2 Å². The lowest BCUT2D eigenvalue weighted by molar-refractivity contribution is -0.117. The van der Waals surface area contributed by atoms with E-state index in [-0.39, 0.29) is 17.0 Å². The average molecular weight is 441 g/mol. The molecule has 2 N–H and O–H groups in total. The van der Waals surface area contributed by atoms with Crippen LogP contribution < -0.4 is 10.0 Å². The quantitative estimate of drug-likeness (QED) is 0.576. The maximum Gasteiger partial charge on any atom is 0.242 e. The van der Waals surface area contributed by atoms with Gasteiger partial charge in [0.05, 0.1) is 4.90 Å². The summed E-state index contributed by atoms with van der Waals surface area (Å²) in [5, 5.41) is 2.61. The van der Waals surface area contributed by atoms with Crippen LogP contribution in [0.1, 0.15) is 22.3 Å². The van der Waals surface area contributed by atoms with Crippen LogP contribution in [-0.2, 0) is 21.2 Å². The lowest BCUT2D eigenvalue weighted by atomic mass is 10.1. The number of hydrogen-bond acceptors (Lipinski definition) is 3. The van der Waals surface area contributed by atoms with Gasteiger partial charge in [0, 0.05) is 5.69 Å². The minimum atomic E-state index is -3.99. The van der Waals surface area contributed by atoms with Crippen molar-refractivity contribution in [3.05, 3.63) is 94.8 Å². The van der Waals surface area contributed by atoms with E-state index < -0.39 is 27.8 Å². The second-order valence-corrected chi connectivity index (χ2v) is 9.24. The summed E-state index contributed by atoms with van der Waals surface area (Å²) in [7, 11) is -3.99. The molecule has 0 bridgehead atoms. The monoisotopic (exact) mass is 440 g/mol. The number of sulfonamides is 1. The summed E-state index contributed by atoms with van der Waals surface area (Å²) in [5.74, 6) is -1.07. The maximum absolute atomic E-state index is 13.5. The zero-order valence-corrected chi connectivity index (χ0v) is 18.5. The van der Waals surface area contributed by atoms with Crippen LogP contribution in [-0.4, -0.2) is 20.4 Å². The van der Waals surface area contributed by atoms with Crippen molar-refractivity contribution < 1.29 is 17.6 Å². The Bertz CT molecular complexity index is 1170. The Morgan fingerprint density at radius 1 is 0.935 bits per heavy atom. The second-order valence-electron chi connectivity index (χ2n) is 7.59. The van der Waals surface area contributed by atoms with Crippen LogP contribution in [0, 0.1) is 26.6 Å². The number of carbonyl (C=O) groups excluding carboxylic acids is 1. The lowest BCUT2D eigenvalue weighted by Crippen LogP contribution is -2.45. The van der Waals surface area contributed by atoms with E-state index >= 15 is 0 Å². The highest BCUT2D eigenvalue weighted by molar-refractivity contribution is 7.89. The summed E-state index contributed by atoms with van der Waals surface area (Å²) in [6.45, 7) is 5.36. The molecule has 0 saturated heterocycles. The number of carbonyl (C=O) groups is 1. The Hall–Kier alpha value is -3.03. The van der Waals surface area contributed by atoms with E-state index in [0.29, 0.717) is 11.1 Å². The minimum Gasteiger partial charge on any atom is -0.325 e. The van der Waals surface area contributed by atoms with Gasteiger partial charge in [0.25, 0.3) is 0 Å². The fourth-order valence-electron chi connectivity index (χ4n) is 3.67. The first kappa shape index (κ1) is 22.7. The Labute approximate surface area is 182 Å². The first-order chi connectivity index (χ1) is 14.7. The molecule has 0 heterocycles. The van der Waals surface area contributed by atoms with Gasteiger partial charge in [0.1, 0.15) is 11.9 Å². The third kappa shape index (κ3) is 5.77. The van der Waals surface area contributed by atoms with Gasteiger partial charge in [-0.25, -0.2) is 12.8 Å². The van der Waals surface area contributed by atoms with Crippen LogP contribution in [0.3, 0.4) is 0 Å². The molecule has 7 heteroatoms. The molecular weight excluding hydrogens is 415 g/mol. The molecule has 31 heavy (non-hydrogen) atoms. The highest BCUT2D eigenvalue weighted by Crippen LogP contribution is 2.22. The van der Waals surface area contributed by atoms with Crippen LogP contribution in [0.25, 0.3) is 0 Å². The predicted octanol–water partition coefficient (Wildman–Crippen LogP) is 4.28. The molecule has 162 valence electrons. The Balaban J connectivity index is 1.93. The molecule has 1 amide bonds. The first-order valence-corrected chi connectivity index (χ1v) is 11.3. The molecule has 0 aliphatic carbocycles. The third-order valence-electron chi connectivity index (χ3n) is 4.86. The van der Waals surface area contributed by atoms with Gasteiger partial charge in [0.2, 0.25) is 15.9 Å². The molecule has 0 fully saturated rings. The van der Waals surface area contributed by atoms with Crippen LogP contribution in [0.15, 0.2) is 71.6 Å². The van der Waals surface area contributed by atoms with Gasteiger partial charge in [0.15, 0.2) is 0 Å². The summed E-state index contributed by atoms with van der Waals surface area (Å²) in [6.07, 6.45) is 0.144. The van der Waals surface area contributed by atoms with Crippen molar-refractivity contribution in [3.8, 4) is 0 Å². The second kappa shape index (κ2) is 9.41. The predicted molar refractivity (Wildman–Crippen MR) is 120 cm³/mol. The molecule has 0 aliphatic heterocycles. The number of anilines is 1. The number of nitrogens with one attached hydrogen (secondary N) is 2. The van der Waals surface area contributed by atoms with Gasteiger partial charge in [-0.2, -0.15) is 4.72 Å². The summed E-state index contributed by atoms with van der Waals surface area (Å²) < 4.78 is 42.6. The molecule has 0 spiro atoms. The molecule has 0 unspecified atom stereocenters. The summed E-state index contributed by atoms with van der Waals surface area (Å²) >= 11 is 0. The van der Waals surface area contributed by atoms with Crippen molar-refractivity contribution in [2.45, 2.75) is 38.1 Å². The van der Waals surface area contributed by atoms with Crippen LogP contribution in [0.4, 0.5) is 10.1 Å². The Morgan fingerprint density at radius 3 is 2.19 bits per heavy atom. The van der Waals surface area contributed by atoms with Crippen LogP contribution in [0.2, 0.25) is 0 Å². The van der Waals surface area contributed by atoms with E-state index in [1.807, 2.05) is 37.3 Å². The molecule has 0 aliphatic rings. The highest BCUT2D eigenvalue weighted by Gasteiger charge is 2.28. The smallest absolute Gasteiger partial charge is 0.242 e. The Morgan fingerprint density at radius 2 is 1.58 bits per heavy atom. The largest absolute Gasteiger partial charge is 0.325 e. The lowest BCUT2D eigenvalue weighted by Gasteiger charge is -2.20. The van der Waals surface area contributed by atoms with Crippen molar-refractivity contribution in [2.75, 3.05) is 5.32 Å². The molecule has 5 nitrogen and oxygen atoms in total. The van der Waals surface area contributed by atoms with Crippen LogP contribution >= 0.6 is 0 Å². The van der Waals surface area contributed by atoms with E-state index in [4.69, 9.17) is 0 Å². The molecule has 3 aromatic carbocycles. The van der Waals surface area contributed by atoms with E-state index in [9.17, 15) is 17.6 Å². The fourth-order valence-corrected chi connectivity index (χ4v) is 5.32. The Kier molecular flexibility index (Phi) is 6.87. The third-order valence-corrected chi connectivity index (χ3v) is 6.64. The highest BCUT2D eigenvalue weighted by atomic mass is 32.2. The topological polar surface area (TPSA) is 75.3 Å². The van der Waals surface area contributed by atoms with Crippen molar-refractivity contribution in [2.24, 2.45) is 0 Å². The van der Waals surface area contributed by atoms with Crippen molar-refractivity contribution in [3.63, 3.8) is 0 Å². The summed E-state index contributed by atoms with van der Waals surface area (Å²) in [4.78, 5) is 13.2. The van der Waals surface area contributed by atoms with E-state index in [2.05, 4.69) is 10.0 Å². The number of aryl methyl sites for hydroxylation is 3. The molecule has 3 aromatic rings. The van der Waals surface area contributed by atoms with Crippen molar-refractivity contribution >= 4 is 21.6 Å². The summed E-state index contributed by atoms with van der Waals surface area (Å²) in [5.41, 5.74) is 3.22. The van der Waals surface area contributed by atoms with Gasteiger partial charge in [-0.05, 0) is 62.1 Å². The van der Waals surface area contributed by atoms with Gasteiger partial charge in [-0.1, -0.05) is 54.1 Å². The molecular formula is C24H25FN2O3S. The zero-order chi connectivity index (χ0) is 22.6. The van der Waals surface area contributed by atoms with E-state index in [1.54, 1.807) is 32.0 Å². The number of rotatable bonds is 7. The van der Waals surface area contributed by atoms with Gasteiger partial charge in [-0.3, -0.25) is 4.79 Å². The standard InChI is InChI=1S/C24H25FN2O3S/c1-16-12-17(2)23(18(3)13-16)31(29,30)27-22(14-19-8-5-4-6-9-19)24(28)26-21-11-7-10-20(25)15-21/h4-13,15,22,27H,14H2,1-3H3,(H,26,28)/t22-/m0/s1. The van der Waals surface area contributed by atoms with Crippen LogP contribution in [0.5, 0.6) is 0 Å². The number of benzene rings is 3. The molecule has 0 radical (unpaired) electrons. The molecule has 0 aromatic heterocycles. The van der Waals surface area contributed by atoms with E-state index in [0.717, 1.165) is 11.1 Å². The SMILES string of the molecule is Cc1cc(C)c(S(=O)(=O)N[C@@H](Cc2ccccc2)C(=O)Nc2cccc(F)c2)c(C)c1. The normalized spacial score (nSPS) is 12.4. The molecule has 1 atom stereocenters. The average Bonchev–Trinajstić information content (AvgIpc) is 2.67. The zero-order valence-electron chi connectivity index (χ0n) is 17.6. The van der Waals surface area contributed by atoms with Gasteiger partial charge < -0.3 is 5.32 Å². The number of halogens is 1. The van der Waals surface area contributed by atoms with Gasteiger partial charge >= 0.3 is 0 Å².